The third kappa shape index (κ3) is 9.30. The largest absolute Gasteiger partial charge is 0.453 e. The molecule has 0 radical (unpaired) electrons. The smallest absolute Gasteiger partial charge is 0.416 e. The van der Waals surface area contributed by atoms with E-state index in [0.29, 0.717) is 18.6 Å². The van der Waals surface area contributed by atoms with Crippen molar-refractivity contribution in [2.75, 3.05) is 7.11 Å². The summed E-state index contributed by atoms with van der Waals surface area (Å²) in [5, 5.41) is 0. The van der Waals surface area contributed by atoms with Gasteiger partial charge in [0.25, 0.3) is 0 Å². The minimum Gasteiger partial charge on any atom is -0.453 e. The molecule has 0 unspecified atom stereocenters. The van der Waals surface area contributed by atoms with Crippen molar-refractivity contribution in [3.63, 3.8) is 0 Å². The molecule has 7 nitrogen and oxygen atoms in total. The summed E-state index contributed by atoms with van der Waals surface area (Å²) in [5.74, 6) is 4.41. The Kier molecular flexibility index (Phi) is 10.7. The molecule has 41 heavy (non-hydrogen) atoms. The zero-order chi connectivity index (χ0) is 31.3. The van der Waals surface area contributed by atoms with E-state index in [0.717, 1.165) is 12.0 Å². The lowest BCUT2D eigenvalue weighted by atomic mass is 9.86. The normalized spacial score (nSPS) is 19.6. The number of likely N-dealkylation sites (tertiary alicyclic amines) is 1. The van der Waals surface area contributed by atoms with Crippen LogP contribution in [0.1, 0.15) is 77.0 Å². The second kappa shape index (κ2) is 13.0. The molecule has 2 rings (SSSR count). The Bertz CT molecular complexity index is 1150. The van der Waals surface area contributed by atoms with E-state index < -0.39 is 77.3 Å². The number of hydrogen-bond donors (Lipinski definition) is 0. The number of carbonyl (C=O) groups is 3. The minimum absolute atomic E-state index is 0.00875. The van der Waals surface area contributed by atoms with E-state index in [2.05, 4.69) is 11.8 Å². The number of benzene rings is 1. The summed E-state index contributed by atoms with van der Waals surface area (Å²) in [6.45, 7) is 7.60. The van der Waals surface area contributed by atoms with Crippen LogP contribution in [0, 0.1) is 11.8 Å². The van der Waals surface area contributed by atoms with Gasteiger partial charge in [0.15, 0.2) is 0 Å². The molecule has 1 aromatic carbocycles. The van der Waals surface area contributed by atoms with Crippen LogP contribution >= 0.6 is 0 Å². The average Bonchev–Trinajstić information content (AvgIpc) is 2.84. The van der Waals surface area contributed by atoms with Crippen molar-refractivity contribution < 1.29 is 50.2 Å². The maximum atomic E-state index is 13.5. The van der Waals surface area contributed by atoms with Gasteiger partial charge in [-0.05, 0) is 76.6 Å². The minimum atomic E-state index is -5.07. The number of hydrogen-bond acceptors (Lipinski definition) is 5. The van der Waals surface area contributed by atoms with Gasteiger partial charge in [-0.15, -0.1) is 0 Å². The van der Waals surface area contributed by atoms with E-state index in [1.54, 1.807) is 27.7 Å². The molecule has 13 heteroatoms. The molecule has 228 valence electrons. The fraction of sp³-hybridized carbons (Fsp3) is 0.607. The Morgan fingerprint density at radius 3 is 1.95 bits per heavy atom. The second-order valence-electron chi connectivity index (χ2n) is 10.7. The maximum Gasteiger partial charge on any atom is 0.416 e. The number of carbonyl (C=O) groups excluding carboxylic acids is 3. The van der Waals surface area contributed by atoms with Crippen LogP contribution in [0.25, 0.3) is 0 Å². The number of nitrogens with zero attached hydrogens (tertiary/aromatic N) is 2. The first-order valence-corrected chi connectivity index (χ1v) is 12.9. The first-order chi connectivity index (χ1) is 18.8. The van der Waals surface area contributed by atoms with Gasteiger partial charge < -0.3 is 19.3 Å². The summed E-state index contributed by atoms with van der Waals surface area (Å²) >= 11 is 0. The highest BCUT2D eigenvalue weighted by molar-refractivity contribution is 5.96. The first-order valence-electron chi connectivity index (χ1n) is 12.9. The first kappa shape index (κ1) is 33.8. The Hall–Kier alpha value is -3.43. The summed E-state index contributed by atoms with van der Waals surface area (Å²) in [7, 11) is 1.04. The summed E-state index contributed by atoms with van der Waals surface area (Å²) in [4.78, 5) is 41.0. The van der Waals surface area contributed by atoms with Crippen molar-refractivity contribution >= 4 is 18.0 Å². The Morgan fingerprint density at radius 1 is 0.976 bits per heavy atom. The van der Waals surface area contributed by atoms with Crippen LogP contribution < -0.4 is 0 Å². The van der Waals surface area contributed by atoms with Crippen LogP contribution in [0.15, 0.2) is 18.2 Å². The molecule has 1 saturated heterocycles. The molecule has 0 aliphatic carbocycles. The van der Waals surface area contributed by atoms with Gasteiger partial charge >= 0.3 is 24.5 Å². The summed E-state index contributed by atoms with van der Waals surface area (Å²) in [6.07, 6.45) is -11.6. The zero-order valence-electron chi connectivity index (χ0n) is 23.7. The number of Topliss-reactive ketones (excluding diaryl/α,β-unsaturated/α-hetero) is 1. The second-order valence-corrected chi connectivity index (χ2v) is 10.7. The van der Waals surface area contributed by atoms with Crippen molar-refractivity contribution in [3.8, 4) is 11.8 Å². The number of ether oxygens (including phenoxy) is 2. The van der Waals surface area contributed by atoms with Gasteiger partial charge in [-0.25, -0.2) is 9.59 Å². The third-order valence-corrected chi connectivity index (χ3v) is 6.49. The van der Waals surface area contributed by atoms with Gasteiger partial charge in [0.05, 0.1) is 18.2 Å². The van der Waals surface area contributed by atoms with Crippen molar-refractivity contribution in [2.24, 2.45) is 0 Å². The van der Waals surface area contributed by atoms with Gasteiger partial charge in [0.2, 0.25) is 5.78 Å². The third-order valence-electron chi connectivity index (χ3n) is 6.49. The molecule has 1 aliphatic rings. The van der Waals surface area contributed by atoms with Crippen LogP contribution in [-0.4, -0.2) is 58.6 Å². The Balaban J connectivity index is 2.56. The molecule has 3 atom stereocenters. The van der Waals surface area contributed by atoms with Crippen LogP contribution in [0.5, 0.6) is 0 Å². The number of amides is 2. The topological polar surface area (TPSA) is 76.2 Å². The Morgan fingerprint density at radius 2 is 1.51 bits per heavy atom. The van der Waals surface area contributed by atoms with Gasteiger partial charge in [-0.3, -0.25) is 4.79 Å². The molecule has 0 bridgehead atoms. The van der Waals surface area contributed by atoms with E-state index in [9.17, 15) is 40.7 Å². The lowest BCUT2D eigenvalue weighted by Crippen LogP contribution is -2.58. The molecule has 1 heterocycles. The summed E-state index contributed by atoms with van der Waals surface area (Å²) in [6, 6.07) is -1.08. The van der Waals surface area contributed by atoms with E-state index in [1.165, 1.54) is 11.8 Å². The monoisotopic (exact) mass is 592 g/mol. The van der Waals surface area contributed by atoms with E-state index >= 15 is 0 Å². The number of halogens is 6. The highest BCUT2D eigenvalue weighted by atomic mass is 19.4. The van der Waals surface area contributed by atoms with E-state index in [-0.39, 0.29) is 25.3 Å². The van der Waals surface area contributed by atoms with Crippen molar-refractivity contribution in [2.45, 2.75) is 103 Å². The number of piperidine rings is 1. The standard InChI is InChI=1S/C28H34F6N2O5/c1-7-9-23(37)15-22-14-21(13-20(8-2)36(22)25(39)41-26(3,4)5)35(24(38)40-6)16-17-10-18(27(29,30)31)12-19(11-17)28(32,33)34/h10-12,20-22H,8,13-16H2,1-6H3/t20-,21+,22-/m1/s1. The van der Waals surface area contributed by atoms with E-state index in [1.807, 2.05) is 0 Å². The van der Waals surface area contributed by atoms with Gasteiger partial charge in [0.1, 0.15) is 5.60 Å². The van der Waals surface area contributed by atoms with E-state index in [4.69, 9.17) is 9.47 Å². The number of alkyl halides is 6. The summed E-state index contributed by atoms with van der Waals surface area (Å²) in [5.41, 5.74) is -4.30. The highest BCUT2D eigenvalue weighted by Gasteiger charge is 2.44. The van der Waals surface area contributed by atoms with Gasteiger partial charge in [-0.1, -0.05) is 12.8 Å². The maximum absolute atomic E-state index is 13.5. The van der Waals surface area contributed by atoms with Crippen molar-refractivity contribution in [1.82, 2.24) is 9.80 Å². The van der Waals surface area contributed by atoms with Crippen LogP contribution in [0.3, 0.4) is 0 Å². The molecule has 1 aliphatic heterocycles. The van der Waals surface area contributed by atoms with Gasteiger partial charge in [0, 0.05) is 31.1 Å². The predicted octanol–water partition coefficient (Wildman–Crippen LogP) is 6.82. The molecular weight excluding hydrogens is 558 g/mol. The fourth-order valence-corrected chi connectivity index (χ4v) is 4.83. The lowest BCUT2D eigenvalue weighted by molar-refractivity contribution is -0.143. The molecule has 1 aromatic rings. The average molecular weight is 593 g/mol. The molecule has 2 amide bonds. The van der Waals surface area contributed by atoms with Crippen molar-refractivity contribution in [3.05, 3.63) is 34.9 Å². The quantitative estimate of drug-likeness (QED) is 0.206. The predicted molar refractivity (Wildman–Crippen MR) is 136 cm³/mol. The lowest BCUT2D eigenvalue weighted by Gasteiger charge is -2.47. The Labute approximate surface area is 235 Å². The fourth-order valence-electron chi connectivity index (χ4n) is 4.83. The number of ketones is 1. The zero-order valence-corrected chi connectivity index (χ0v) is 23.7. The van der Waals surface area contributed by atoms with Crippen LogP contribution in [0.4, 0.5) is 35.9 Å². The molecule has 0 N–H and O–H groups in total. The SMILES string of the molecule is CC#CC(=O)C[C@H]1C[C@@H](N(Cc2cc(C(F)(F)F)cc(C(F)(F)F)c2)C(=O)OC)C[C@@H](CC)N1C(=O)OC(C)(C)C. The van der Waals surface area contributed by atoms with Gasteiger partial charge in [-0.2, -0.15) is 26.3 Å². The number of methoxy groups -OCH3 is 1. The molecule has 0 aromatic heterocycles. The molecular formula is C28H34F6N2O5. The highest BCUT2D eigenvalue weighted by Crippen LogP contribution is 2.38. The molecule has 0 saturated carbocycles. The summed E-state index contributed by atoms with van der Waals surface area (Å²) < 4.78 is 91.1. The molecule has 1 fully saturated rings. The van der Waals surface area contributed by atoms with Crippen LogP contribution in [-0.2, 0) is 33.2 Å². The molecule has 0 spiro atoms. The van der Waals surface area contributed by atoms with Crippen molar-refractivity contribution in [1.29, 1.82) is 0 Å². The van der Waals surface area contributed by atoms with Crippen LogP contribution in [0.2, 0.25) is 0 Å². The number of rotatable bonds is 6.